The fourth-order valence-electron chi connectivity index (χ4n) is 0.0676. The van der Waals surface area contributed by atoms with E-state index in [0.717, 1.165) is 0 Å². The molecule has 3 nitrogen and oxygen atoms in total. The minimum absolute atomic E-state index is 0. The van der Waals surface area contributed by atoms with Gasteiger partial charge in [-0.15, -0.1) is 0 Å². The summed E-state index contributed by atoms with van der Waals surface area (Å²) in [6, 6.07) is 1.47. The predicted octanol–water partition coefficient (Wildman–Crippen LogP) is -0.396. The standard InChI is InChI=1S/C3H3NO2.Tl/c4-2-1-3(5)6;/h1H2,(H,5,6);. The van der Waals surface area contributed by atoms with Crippen molar-refractivity contribution in [3.05, 3.63) is 0 Å². The Morgan fingerprint density at radius 1 is 1.86 bits per heavy atom. The third-order valence-electron chi connectivity index (χ3n) is 0.230. The number of carbonyl (C=O) groups is 1. The molecule has 0 aromatic rings. The zero-order valence-electron chi connectivity index (χ0n) is 3.59. The molecule has 0 saturated heterocycles. The summed E-state index contributed by atoms with van der Waals surface area (Å²) in [5.41, 5.74) is 0. The summed E-state index contributed by atoms with van der Waals surface area (Å²) in [7, 11) is 0. The van der Waals surface area contributed by atoms with Gasteiger partial charge in [0.05, 0.1) is 6.07 Å². The molecule has 35 valence electrons. The topological polar surface area (TPSA) is 61.1 Å². The first-order chi connectivity index (χ1) is 2.77. The molecule has 0 saturated carbocycles. The van der Waals surface area contributed by atoms with Crippen LogP contribution in [0.1, 0.15) is 6.42 Å². The van der Waals surface area contributed by atoms with E-state index < -0.39 is 12.4 Å². The van der Waals surface area contributed by atoms with Crippen molar-refractivity contribution in [3.63, 3.8) is 0 Å². The second-order valence-electron chi connectivity index (χ2n) is 0.729. The molecule has 1 N–H and O–H groups in total. The maximum atomic E-state index is 9.38. The van der Waals surface area contributed by atoms with Gasteiger partial charge >= 0.3 is 5.97 Å². The van der Waals surface area contributed by atoms with Crippen LogP contribution in [0.4, 0.5) is 0 Å². The molecule has 0 unspecified atom stereocenters. The summed E-state index contributed by atoms with van der Waals surface area (Å²) in [6.07, 6.45) is -0.403. The first-order valence-corrected chi connectivity index (χ1v) is 1.36. The Morgan fingerprint density at radius 2 is 2.29 bits per heavy atom. The van der Waals surface area contributed by atoms with Crippen LogP contribution in [-0.2, 0) is 4.79 Å². The van der Waals surface area contributed by atoms with E-state index in [0.29, 0.717) is 0 Å². The van der Waals surface area contributed by atoms with Crippen LogP contribution in [0.25, 0.3) is 0 Å². The summed E-state index contributed by atoms with van der Waals surface area (Å²) in [5, 5.41) is 15.3. The number of carboxylic acids is 1. The van der Waals surface area contributed by atoms with Crippen molar-refractivity contribution in [1.82, 2.24) is 0 Å². The molecule has 4 heteroatoms. The van der Waals surface area contributed by atoms with Gasteiger partial charge in [-0.2, -0.15) is 5.26 Å². The molecule has 7 heavy (non-hydrogen) atoms. The van der Waals surface area contributed by atoms with Gasteiger partial charge in [-0.25, -0.2) is 0 Å². The number of nitriles is 1. The van der Waals surface area contributed by atoms with Gasteiger partial charge in [0.25, 0.3) is 0 Å². The normalized spacial score (nSPS) is 5.57. The Morgan fingerprint density at radius 3 is 2.29 bits per heavy atom. The Labute approximate surface area is 61.1 Å². The summed E-state index contributed by atoms with van der Waals surface area (Å²) in [4.78, 5) is 9.38. The average molecular weight is 289 g/mol. The summed E-state index contributed by atoms with van der Waals surface area (Å²) < 4.78 is 0. The van der Waals surface area contributed by atoms with Crippen molar-refractivity contribution in [3.8, 4) is 6.07 Å². The van der Waals surface area contributed by atoms with E-state index in [2.05, 4.69) is 0 Å². The monoisotopic (exact) mass is 290 g/mol. The minimum atomic E-state index is -1.07. The van der Waals surface area contributed by atoms with Gasteiger partial charge in [0, 0.05) is 27.3 Å². The minimum Gasteiger partial charge on any atom is -0.480 e. The van der Waals surface area contributed by atoms with E-state index in [-0.39, 0.29) is 27.3 Å². The molecule has 0 fully saturated rings. The molecule has 0 aliphatic heterocycles. The zero-order chi connectivity index (χ0) is 4.99. The molecule has 0 aromatic carbocycles. The van der Waals surface area contributed by atoms with E-state index in [1.165, 1.54) is 6.07 Å². The van der Waals surface area contributed by atoms with Crippen LogP contribution < -0.4 is 0 Å². The largest absolute Gasteiger partial charge is 0.480 e. The Bertz CT molecular complexity index is 95.6. The molecule has 0 heterocycles. The van der Waals surface area contributed by atoms with Crippen molar-refractivity contribution in [2.24, 2.45) is 0 Å². The second-order valence-corrected chi connectivity index (χ2v) is 0.729. The van der Waals surface area contributed by atoms with Crippen LogP contribution in [0.3, 0.4) is 0 Å². The molecule has 0 atom stereocenters. The molecule has 0 aromatic heterocycles. The fourth-order valence-corrected chi connectivity index (χ4v) is 0.0676. The quantitative estimate of drug-likeness (QED) is 0.669. The molecular formula is C3H3NO2Tl. The molecule has 0 aliphatic rings. The molecule has 1 radical (unpaired) electrons. The number of hydrogen-bond acceptors (Lipinski definition) is 2. The third-order valence-corrected chi connectivity index (χ3v) is 0.230. The van der Waals surface area contributed by atoms with Crippen molar-refractivity contribution >= 4 is 33.3 Å². The molecule has 0 aliphatic carbocycles. The van der Waals surface area contributed by atoms with Crippen molar-refractivity contribution in [1.29, 1.82) is 5.26 Å². The molecule has 0 amide bonds. The number of hydrogen-bond donors (Lipinski definition) is 1. The summed E-state index contributed by atoms with van der Waals surface area (Å²) >= 11 is 0. The first-order valence-electron chi connectivity index (χ1n) is 1.36. The fraction of sp³-hybridized carbons (Fsp3) is 0.333. The van der Waals surface area contributed by atoms with E-state index in [1.807, 2.05) is 0 Å². The molecular weight excluding hydrogens is 286 g/mol. The van der Waals surface area contributed by atoms with Gasteiger partial charge in [0.2, 0.25) is 0 Å². The third kappa shape index (κ3) is 10.7. The van der Waals surface area contributed by atoms with Gasteiger partial charge in [-0.05, 0) is 0 Å². The van der Waals surface area contributed by atoms with E-state index in [9.17, 15) is 4.79 Å². The van der Waals surface area contributed by atoms with E-state index in [1.54, 1.807) is 0 Å². The average Bonchev–Trinajstić information content (AvgIpc) is 1.35. The van der Waals surface area contributed by atoms with Crippen LogP contribution in [0, 0.1) is 11.3 Å². The number of nitrogens with zero attached hydrogens (tertiary/aromatic N) is 1. The summed E-state index contributed by atoms with van der Waals surface area (Å²) in [5.74, 6) is -1.07. The SMILES string of the molecule is N#CCC(=O)O.[Tl]. The number of rotatable bonds is 1. The van der Waals surface area contributed by atoms with Crippen LogP contribution in [0.15, 0.2) is 0 Å². The van der Waals surface area contributed by atoms with Crippen LogP contribution in [0.5, 0.6) is 0 Å². The second kappa shape index (κ2) is 5.88. The number of aliphatic carboxylic acids is 1. The zero-order valence-corrected chi connectivity index (χ0v) is 8.08. The summed E-state index contributed by atoms with van der Waals surface area (Å²) in [6.45, 7) is 0. The van der Waals surface area contributed by atoms with Crippen molar-refractivity contribution in [2.75, 3.05) is 0 Å². The van der Waals surface area contributed by atoms with Gasteiger partial charge in [0.15, 0.2) is 0 Å². The van der Waals surface area contributed by atoms with E-state index in [4.69, 9.17) is 10.4 Å². The molecule has 0 bridgehead atoms. The van der Waals surface area contributed by atoms with Gasteiger partial charge < -0.3 is 5.11 Å². The Hall–Kier alpha value is -0.118. The maximum Gasteiger partial charge on any atom is 0.317 e. The van der Waals surface area contributed by atoms with Crippen LogP contribution in [-0.4, -0.2) is 38.4 Å². The van der Waals surface area contributed by atoms with Crippen molar-refractivity contribution in [2.45, 2.75) is 6.42 Å². The first kappa shape index (κ1) is 9.99. The van der Waals surface area contributed by atoms with Gasteiger partial charge in [-0.1, -0.05) is 0 Å². The van der Waals surface area contributed by atoms with Gasteiger partial charge in [-0.3, -0.25) is 4.79 Å². The van der Waals surface area contributed by atoms with Crippen molar-refractivity contribution < 1.29 is 9.90 Å². The van der Waals surface area contributed by atoms with Crippen LogP contribution >= 0.6 is 0 Å². The van der Waals surface area contributed by atoms with Crippen LogP contribution in [0.2, 0.25) is 0 Å². The predicted molar refractivity (Wildman–Crippen MR) is 23.6 cm³/mol. The Balaban J connectivity index is 0. The molecule has 0 rings (SSSR count). The number of carboxylic acid groups (broad SMARTS) is 1. The molecule has 0 spiro atoms. The Kier molecular flexibility index (Phi) is 8.39. The maximum absolute atomic E-state index is 9.38. The smallest absolute Gasteiger partial charge is 0.317 e. The van der Waals surface area contributed by atoms with E-state index >= 15 is 0 Å². The van der Waals surface area contributed by atoms with Gasteiger partial charge in [0.1, 0.15) is 6.42 Å².